The van der Waals surface area contributed by atoms with E-state index in [4.69, 9.17) is 5.11 Å². The van der Waals surface area contributed by atoms with Crippen LogP contribution in [0.5, 0.6) is 0 Å². The van der Waals surface area contributed by atoms with Crippen LogP contribution in [0.2, 0.25) is 0 Å². The first-order valence-electron chi connectivity index (χ1n) is 10.0. The molecule has 0 spiro atoms. The minimum absolute atomic E-state index is 0.223. The van der Waals surface area contributed by atoms with Crippen molar-refractivity contribution in [2.45, 2.75) is 51.1 Å². The van der Waals surface area contributed by atoms with Crippen molar-refractivity contribution in [3.8, 4) is 0 Å². The Labute approximate surface area is 167 Å². The molecule has 2 fully saturated rings. The maximum absolute atomic E-state index is 12.7. The summed E-state index contributed by atoms with van der Waals surface area (Å²) < 4.78 is 0. The zero-order valence-electron chi connectivity index (χ0n) is 16.0. The summed E-state index contributed by atoms with van der Waals surface area (Å²) in [6.45, 7) is 0.961. The first kappa shape index (κ1) is 19.4. The van der Waals surface area contributed by atoms with E-state index in [2.05, 4.69) is 15.6 Å². The van der Waals surface area contributed by atoms with E-state index in [0.717, 1.165) is 12.8 Å². The highest BCUT2D eigenvalue weighted by Gasteiger charge is 2.39. The molecular formula is C20H24N4O5. The third-order valence-electron chi connectivity index (χ3n) is 6.14. The molecule has 9 nitrogen and oxygen atoms in total. The Kier molecular flexibility index (Phi) is 5.21. The molecule has 1 saturated carbocycles. The molecule has 0 aromatic carbocycles. The zero-order chi connectivity index (χ0) is 20.5. The molecule has 1 aromatic rings. The van der Waals surface area contributed by atoms with Crippen molar-refractivity contribution in [3.63, 3.8) is 0 Å². The average molecular weight is 400 g/mol. The molecule has 1 atom stereocenters. The maximum Gasteiger partial charge on any atom is 0.306 e. The minimum atomic E-state index is -0.707. The Balaban J connectivity index is 1.36. The summed E-state index contributed by atoms with van der Waals surface area (Å²) in [5.41, 5.74) is 1.11. The average Bonchev–Trinajstić information content (AvgIpc) is 3.02. The van der Waals surface area contributed by atoms with E-state index in [9.17, 15) is 19.2 Å². The van der Waals surface area contributed by atoms with Crippen molar-refractivity contribution < 1.29 is 24.3 Å². The van der Waals surface area contributed by atoms with Gasteiger partial charge in [-0.1, -0.05) is 0 Å². The van der Waals surface area contributed by atoms with Gasteiger partial charge in [0.25, 0.3) is 5.91 Å². The van der Waals surface area contributed by atoms with Crippen LogP contribution in [0.1, 0.15) is 54.6 Å². The number of nitrogens with one attached hydrogen (secondary N) is 2. The van der Waals surface area contributed by atoms with Gasteiger partial charge in [0.05, 0.1) is 23.7 Å². The summed E-state index contributed by atoms with van der Waals surface area (Å²) in [5.74, 6) is -0.837. The number of carbonyl (C=O) groups excluding carboxylic acids is 3. The smallest absolute Gasteiger partial charge is 0.306 e. The molecule has 1 saturated heterocycles. The monoisotopic (exact) mass is 400 g/mol. The van der Waals surface area contributed by atoms with Crippen LogP contribution in [0.4, 0.5) is 5.82 Å². The van der Waals surface area contributed by atoms with Crippen molar-refractivity contribution in [2.75, 3.05) is 11.9 Å². The number of fused-ring (bicyclic) bond motifs is 1. The summed E-state index contributed by atoms with van der Waals surface area (Å²) in [5, 5.41) is 14.7. The van der Waals surface area contributed by atoms with Gasteiger partial charge >= 0.3 is 5.97 Å². The number of amides is 3. The predicted octanol–water partition coefficient (Wildman–Crippen LogP) is 1.15. The molecule has 3 heterocycles. The Bertz CT molecular complexity index is 862. The van der Waals surface area contributed by atoms with Gasteiger partial charge in [-0.05, 0) is 50.2 Å². The van der Waals surface area contributed by atoms with Crippen LogP contribution in [0.25, 0.3) is 0 Å². The SMILES string of the molecule is O=C1CCC(N2Cc3nc(NCC4CCC(C(=O)O)CC4)ccc3C2=O)C(=O)N1. The maximum atomic E-state index is 12.7. The molecular weight excluding hydrogens is 376 g/mol. The lowest BCUT2D eigenvalue weighted by molar-refractivity contribution is -0.143. The fourth-order valence-electron chi connectivity index (χ4n) is 4.40. The Morgan fingerprint density at radius 1 is 1.17 bits per heavy atom. The van der Waals surface area contributed by atoms with Crippen LogP contribution in [0.15, 0.2) is 12.1 Å². The molecule has 3 N–H and O–H groups in total. The van der Waals surface area contributed by atoms with Gasteiger partial charge in [-0.2, -0.15) is 0 Å². The Hall–Kier alpha value is -2.97. The van der Waals surface area contributed by atoms with E-state index in [1.165, 1.54) is 4.90 Å². The Morgan fingerprint density at radius 3 is 2.62 bits per heavy atom. The van der Waals surface area contributed by atoms with Gasteiger partial charge in [-0.25, -0.2) is 4.98 Å². The highest BCUT2D eigenvalue weighted by atomic mass is 16.4. The van der Waals surface area contributed by atoms with Crippen molar-refractivity contribution in [1.82, 2.24) is 15.2 Å². The normalized spacial score (nSPS) is 26.8. The number of carbonyl (C=O) groups is 4. The second-order valence-electron chi connectivity index (χ2n) is 8.03. The lowest BCUT2D eigenvalue weighted by Crippen LogP contribution is -2.52. The van der Waals surface area contributed by atoms with E-state index < -0.39 is 17.9 Å². The summed E-state index contributed by atoms with van der Waals surface area (Å²) in [4.78, 5) is 53.2. The minimum Gasteiger partial charge on any atom is -0.481 e. The lowest BCUT2D eigenvalue weighted by Gasteiger charge is -2.29. The van der Waals surface area contributed by atoms with Crippen LogP contribution < -0.4 is 10.6 Å². The van der Waals surface area contributed by atoms with Crippen LogP contribution in [-0.4, -0.2) is 51.3 Å². The van der Waals surface area contributed by atoms with Gasteiger partial charge in [0.2, 0.25) is 11.8 Å². The highest BCUT2D eigenvalue weighted by Crippen LogP contribution is 2.30. The van der Waals surface area contributed by atoms with Gasteiger partial charge in [0.1, 0.15) is 11.9 Å². The number of aromatic nitrogens is 1. The number of imide groups is 1. The van der Waals surface area contributed by atoms with Gasteiger partial charge in [0.15, 0.2) is 0 Å². The van der Waals surface area contributed by atoms with Crippen LogP contribution in [-0.2, 0) is 20.9 Å². The molecule has 1 aliphatic carbocycles. The summed E-state index contributed by atoms with van der Waals surface area (Å²) in [7, 11) is 0. The molecule has 3 amide bonds. The lowest BCUT2D eigenvalue weighted by atomic mass is 9.82. The standard InChI is InChI=1S/C20H24N4O5/c25-17-8-6-15(18(26)23-17)24-10-14-13(19(24)27)5-7-16(22-14)21-9-11-1-3-12(4-2-11)20(28)29/h5,7,11-12,15H,1-4,6,8-10H2,(H,21,22)(H,28,29)(H,23,25,26). The number of nitrogens with zero attached hydrogens (tertiary/aromatic N) is 2. The molecule has 9 heteroatoms. The fourth-order valence-corrected chi connectivity index (χ4v) is 4.40. The number of anilines is 1. The van der Waals surface area contributed by atoms with E-state index >= 15 is 0 Å². The molecule has 1 unspecified atom stereocenters. The molecule has 29 heavy (non-hydrogen) atoms. The first-order valence-corrected chi connectivity index (χ1v) is 10.0. The van der Waals surface area contributed by atoms with Gasteiger partial charge in [-0.15, -0.1) is 0 Å². The molecule has 2 aliphatic heterocycles. The number of aliphatic carboxylic acids is 1. The Morgan fingerprint density at radius 2 is 1.93 bits per heavy atom. The number of carboxylic acids is 1. The third kappa shape index (κ3) is 3.94. The number of rotatable bonds is 5. The van der Waals surface area contributed by atoms with Crippen molar-refractivity contribution in [3.05, 3.63) is 23.4 Å². The molecule has 4 rings (SSSR count). The van der Waals surface area contributed by atoms with Crippen LogP contribution in [0, 0.1) is 11.8 Å². The number of pyridine rings is 1. The second-order valence-corrected chi connectivity index (χ2v) is 8.03. The van der Waals surface area contributed by atoms with Gasteiger partial charge in [0, 0.05) is 13.0 Å². The van der Waals surface area contributed by atoms with Crippen LogP contribution in [0.3, 0.4) is 0 Å². The predicted molar refractivity (Wildman–Crippen MR) is 102 cm³/mol. The fraction of sp³-hybridized carbons (Fsp3) is 0.550. The van der Waals surface area contributed by atoms with Crippen molar-refractivity contribution >= 4 is 29.5 Å². The van der Waals surface area contributed by atoms with Crippen LogP contribution >= 0.6 is 0 Å². The van der Waals surface area contributed by atoms with Crippen molar-refractivity contribution in [2.24, 2.45) is 11.8 Å². The largest absolute Gasteiger partial charge is 0.481 e. The second kappa shape index (κ2) is 7.81. The molecule has 0 bridgehead atoms. The zero-order valence-corrected chi connectivity index (χ0v) is 16.0. The third-order valence-corrected chi connectivity index (χ3v) is 6.14. The molecule has 154 valence electrons. The van der Waals surface area contributed by atoms with Crippen molar-refractivity contribution in [1.29, 1.82) is 0 Å². The molecule has 3 aliphatic rings. The number of carboxylic acid groups (broad SMARTS) is 1. The van der Waals surface area contributed by atoms with E-state index in [0.29, 0.717) is 48.8 Å². The first-order chi connectivity index (χ1) is 13.9. The topological polar surface area (TPSA) is 129 Å². The highest BCUT2D eigenvalue weighted by molar-refractivity contribution is 6.05. The van der Waals surface area contributed by atoms with Gasteiger partial charge < -0.3 is 15.3 Å². The van der Waals surface area contributed by atoms with E-state index in [1.54, 1.807) is 12.1 Å². The van der Waals surface area contributed by atoms with Gasteiger partial charge in [-0.3, -0.25) is 24.5 Å². The molecule has 0 radical (unpaired) electrons. The summed E-state index contributed by atoms with van der Waals surface area (Å²) in [6, 6.07) is 2.84. The van der Waals surface area contributed by atoms with E-state index in [-0.39, 0.29) is 30.7 Å². The quantitative estimate of drug-likeness (QED) is 0.632. The summed E-state index contributed by atoms with van der Waals surface area (Å²) >= 11 is 0. The number of hydrogen-bond acceptors (Lipinski definition) is 6. The summed E-state index contributed by atoms with van der Waals surface area (Å²) in [6.07, 6.45) is 3.70. The van der Waals surface area contributed by atoms with E-state index in [1.807, 2.05) is 0 Å². The number of piperidine rings is 1. The number of hydrogen-bond donors (Lipinski definition) is 3. The molecule has 1 aromatic heterocycles.